The SMILES string of the molecule is CSCC(C)(O)CNc1nc(-c2cccs2)nc2ccccc12. The normalized spacial score (nSPS) is 13.9. The number of aliphatic hydroxyl groups is 1. The molecule has 1 unspecified atom stereocenters. The summed E-state index contributed by atoms with van der Waals surface area (Å²) in [4.78, 5) is 10.4. The van der Waals surface area contributed by atoms with Crippen molar-refractivity contribution in [2.75, 3.05) is 23.9 Å². The van der Waals surface area contributed by atoms with Gasteiger partial charge in [-0.25, -0.2) is 9.97 Å². The minimum Gasteiger partial charge on any atom is -0.387 e. The van der Waals surface area contributed by atoms with E-state index in [0.717, 1.165) is 21.6 Å². The molecule has 6 heteroatoms. The van der Waals surface area contributed by atoms with Gasteiger partial charge < -0.3 is 10.4 Å². The first kappa shape index (κ1) is 16.2. The second-order valence-corrected chi connectivity index (χ2v) is 7.49. The van der Waals surface area contributed by atoms with Crippen LogP contribution >= 0.6 is 23.1 Å². The van der Waals surface area contributed by atoms with Gasteiger partial charge in [-0.05, 0) is 36.8 Å². The van der Waals surface area contributed by atoms with Crippen molar-refractivity contribution >= 4 is 39.8 Å². The first-order chi connectivity index (χ1) is 11.1. The van der Waals surface area contributed by atoms with Crippen LogP contribution in [-0.4, -0.2) is 39.2 Å². The van der Waals surface area contributed by atoms with Crippen LogP contribution in [0.25, 0.3) is 21.6 Å². The minimum atomic E-state index is -0.783. The minimum absolute atomic E-state index is 0.443. The number of para-hydroxylation sites is 1. The van der Waals surface area contributed by atoms with E-state index in [2.05, 4.69) is 15.3 Å². The van der Waals surface area contributed by atoms with Crippen LogP contribution in [0, 0.1) is 0 Å². The summed E-state index contributed by atoms with van der Waals surface area (Å²) >= 11 is 3.25. The average molecular weight is 345 g/mol. The topological polar surface area (TPSA) is 58.0 Å². The third-order valence-electron chi connectivity index (χ3n) is 3.44. The van der Waals surface area contributed by atoms with Crippen LogP contribution in [0.15, 0.2) is 41.8 Å². The fourth-order valence-corrected chi connectivity index (χ4v) is 3.74. The Bertz CT molecular complexity index is 788. The number of aromatic nitrogens is 2. The average Bonchev–Trinajstić information content (AvgIpc) is 3.07. The van der Waals surface area contributed by atoms with Crippen molar-refractivity contribution in [2.45, 2.75) is 12.5 Å². The summed E-state index contributed by atoms with van der Waals surface area (Å²) in [6, 6.07) is 11.9. The third kappa shape index (κ3) is 3.83. The van der Waals surface area contributed by atoms with Crippen molar-refractivity contribution in [3.05, 3.63) is 41.8 Å². The van der Waals surface area contributed by atoms with Crippen molar-refractivity contribution in [1.29, 1.82) is 0 Å². The molecule has 120 valence electrons. The zero-order chi connectivity index (χ0) is 16.3. The van der Waals surface area contributed by atoms with Gasteiger partial charge in [0.2, 0.25) is 0 Å². The lowest BCUT2D eigenvalue weighted by Gasteiger charge is -2.23. The van der Waals surface area contributed by atoms with Crippen molar-refractivity contribution in [3.8, 4) is 10.7 Å². The molecule has 0 saturated carbocycles. The van der Waals surface area contributed by atoms with Crippen LogP contribution in [0.3, 0.4) is 0 Å². The molecule has 0 aliphatic carbocycles. The van der Waals surface area contributed by atoms with Gasteiger partial charge in [-0.3, -0.25) is 0 Å². The molecule has 1 atom stereocenters. The maximum absolute atomic E-state index is 10.4. The van der Waals surface area contributed by atoms with Gasteiger partial charge in [0.15, 0.2) is 5.82 Å². The summed E-state index contributed by atoms with van der Waals surface area (Å²) in [5.41, 5.74) is 0.118. The fourth-order valence-electron chi connectivity index (χ4n) is 2.36. The Kier molecular flexibility index (Phi) is 4.84. The predicted octanol–water partition coefficient (Wildman–Crippen LogP) is 3.88. The molecular formula is C17H19N3OS2. The standard InChI is InChI=1S/C17H19N3OS2/c1-17(21,11-22-2)10-18-15-12-6-3-4-7-13(12)19-16(20-15)14-8-5-9-23-14/h3-9,21H,10-11H2,1-2H3,(H,18,19,20). The molecular weight excluding hydrogens is 326 g/mol. The van der Waals surface area contributed by atoms with Gasteiger partial charge in [0.25, 0.3) is 0 Å². The van der Waals surface area contributed by atoms with E-state index in [1.54, 1.807) is 23.1 Å². The molecule has 4 nitrogen and oxygen atoms in total. The number of nitrogens with one attached hydrogen (secondary N) is 1. The smallest absolute Gasteiger partial charge is 0.172 e. The van der Waals surface area contributed by atoms with Crippen molar-refractivity contribution in [1.82, 2.24) is 9.97 Å². The van der Waals surface area contributed by atoms with Gasteiger partial charge in [0.1, 0.15) is 5.82 Å². The third-order valence-corrected chi connectivity index (χ3v) is 5.21. The second-order valence-electron chi connectivity index (χ2n) is 5.67. The molecule has 0 spiro atoms. The van der Waals surface area contributed by atoms with E-state index in [-0.39, 0.29) is 0 Å². The molecule has 3 aromatic rings. The first-order valence-electron chi connectivity index (χ1n) is 7.35. The monoisotopic (exact) mass is 345 g/mol. The van der Waals surface area contributed by atoms with Crippen molar-refractivity contribution in [2.24, 2.45) is 0 Å². The molecule has 23 heavy (non-hydrogen) atoms. The molecule has 0 saturated heterocycles. The number of hydrogen-bond donors (Lipinski definition) is 2. The quantitative estimate of drug-likeness (QED) is 0.710. The largest absolute Gasteiger partial charge is 0.387 e. The molecule has 0 aliphatic heterocycles. The summed E-state index contributed by atoms with van der Waals surface area (Å²) in [5.74, 6) is 2.15. The van der Waals surface area contributed by atoms with Crippen molar-refractivity contribution < 1.29 is 5.11 Å². The lowest BCUT2D eigenvalue weighted by Crippen LogP contribution is -2.36. The summed E-state index contributed by atoms with van der Waals surface area (Å²) in [6.07, 6.45) is 1.99. The van der Waals surface area contributed by atoms with E-state index in [9.17, 15) is 5.11 Å². The number of thiophene rings is 1. The summed E-state index contributed by atoms with van der Waals surface area (Å²) < 4.78 is 0. The fraction of sp³-hybridized carbons (Fsp3) is 0.294. The highest BCUT2D eigenvalue weighted by atomic mass is 32.2. The molecule has 0 fully saturated rings. The lowest BCUT2D eigenvalue weighted by molar-refractivity contribution is 0.0996. The van der Waals surface area contributed by atoms with Gasteiger partial charge in [-0.15, -0.1) is 11.3 Å². The molecule has 0 amide bonds. The van der Waals surface area contributed by atoms with E-state index in [1.807, 2.05) is 55.0 Å². The second kappa shape index (κ2) is 6.86. The number of hydrogen-bond acceptors (Lipinski definition) is 6. The Balaban J connectivity index is 1.97. The number of thioether (sulfide) groups is 1. The highest BCUT2D eigenvalue weighted by Gasteiger charge is 2.20. The van der Waals surface area contributed by atoms with Crippen LogP contribution in [0.1, 0.15) is 6.92 Å². The highest BCUT2D eigenvalue weighted by molar-refractivity contribution is 7.98. The first-order valence-corrected chi connectivity index (χ1v) is 9.62. The van der Waals surface area contributed by atoms with Gasteiger partial charge in [-0.2, -0.15) is 11.8 Å². The summed E-state index contributed by atoms with van der Waals surface area (Å²) in [7, 11) is 0. The molecule has 1 aromatic carbocycles. The summed E-state index contributed by atoms with van der Waals surface area (Å²) in [5, 5.41) is 16.7. The van der Waals surface area contributed by atoms with E-state index >= 15 is 0 Å². The molecule has 0 bridgehead atoms. The van der Waals surface area contributed by atoms with Crippen LogP contribution in [0.2, 0.25) is 0 Å². The Morgan fingerprint density at radius 1 is 1.22 bits per heavy atom. The predicted molar refractivity (Wildman–Crippen MR) is 100 cm³/mol. The number of benzene rings is 1. The highest BCUT2D eigenvalue weighted by Crippen LogP contribution is 2.27. The van der Waals surface area contributed by atoms with Gasteiger partial charge in [-0.1, -0.05) is 18.2 Å². The molecule has 0 radical (unpaired) electrons. The van der Waals surface area contributed by atoms with Crippen LogP contribution < -0.4 is 5.32 Å². The van der Waals surface area contributed by atoms with E-state index in [1.165, 1.54) is 0 Å². The van der Waals surface area contributed by atoms with Crippen molar-refractivity contribution in [3.63, 3.8) is 0 Å². The van der Waals surface area contributed by atoms with Gasteiger partial charge in [0, 0.05) is 17.7 Å². The number of fused-ring (bicyclic) bond motifs is 1. The zero-order valence-corrected chi connectivity index (χ0v) is 14.7. The van der Waals surface area contributed by atoms with Crippen LogP contribution in [0.5, 0.6) is 0 Å². The Hall–Kier alpha value is -1.63. The molecule has 0 aliphatic rings. The van der Waals surface area contributed by atoms with Crippen LogP contribution in [-0.2, 0) is 0 Å². The molecule has 3 rings (SSSR count). The maximum Gasteiger partial charge on any atom is 0.172 e. The molecule has 2 heterocycles. The zero-order valence-electron chi connectivity index (χ0n) is 13.1. The Labute approximate surface area is 144 Å². The Morgan fingerprint density at radius 3 is 2.78 bits per heavy atom. The van der Waals surface area contributed by atoms with E-state index < -0.39 is 5.60 Å². The number of rotatable bonds is 6. The molecule has 2 aromatic heterocycles. The number of anilines is 1. The van der Waals surface area contributed by atoms with E-state index in [4.69, 9.17) is 0 Å². The molecule has 2 N–H and O–H groups in total. The van der Waals surface area contributed by atoms with Crippen LogP contribution in [0.4, 0.5) is 5.82 Å². The van der Waals surface area contributed by atoms with E-state index in [0.29, 0.717) is 18.1 Å². The lowest BCUT2D eigenvalue weighted by atomic mass is 10.1. The van der Waals surface area contributed by atoms with Gasteiger partial charge in [0.05, 0.1) is 16.0 Å². The number of nitrogens with zero attached hydrogens (tertiary/aromatic N) is 2. The Morgan fingerprint density at radius 2 is 2.04 bits per heavy atom. The maximum atomic E-state index is 10.4. The summed E-state index contributed by atoms with van der Waals surface area (Å²) in [6.45, 7) is 2.28. The van der Waals surface area contributed by atoms with Gasteiger partial charge >= 0.3 is 0 Å².